The van der Waals surface area contributed by atoms with Crippen molar-refractivity contribution in [1.29, 1.82) is 0 Å². The van der Waals surface area contributed by atoms with E-state index in [2.05, 4.69) is 0 Å². The van der Waals surface area contributed by atoms with Crippen molar-refractivity contribution in [3.63, 3.8) is 0 Å². The van der Waals surface area contributed by atoms with Crippen LogP contribution in [0.3, 0.4) is 0 Å². The second-order valence-electron chi connectivity index (χ2n) is 8.25. The summed E-state index contributed by atoms with van der Waals surface area (Å²) < 4.78 is 16.8. The predicted octanol–water partition coefficient (Wildman–Crippen LogP) is 0.372. The molecule has 10 atom stereocenters. The maximum absolute atomic E-state index is 12.9. The predicted molar refractivity (Wildman–Crippen MR) is 65.6 cm³/mol. The van der Waals surface area contributed by atoms with E-state index >= 15 is 0 Å². The van der Waals surface area contributed by atoms with Gasteiger partial charge in [0, 0.05) is 11.8 Å². The van der Waals surface area contributed by atoms with Crippen LogP contribution in [-0.4, -0.2) is 37.4 Å². The molecule has 7 saturated carbocycles. The van der Waals surface area contributed by atoms with Gasteiger partial charge in [-0.3, -0.25) is 9.59 Å². The second kappa shape index (κ2) is 2.25. The van der Waals surface area contributed by atoms with E-state index in [0.717, 1.165) is 12.8 Å². The maximum atomic E-state index is 12.9. The first-order valence-corrected chi connectivity index (χ1v) is 7.98. The summed E-state index contributed by atoms with van der Waals surface area (Å²) in [6.45, 7) is 0. The molecule has 8 fully saturated rings. The van der Waals surface area contributed by atoms with Gasteiger partial charge in [0.15, 0.2) is 0 Å². The standard InChI is InChI=1S/C16H16O5/c1-19-11(17)13-7-4-8-14(13,12(18)20-2)10-6-3-5(9(10)13)15(7)16(6,8)21-15/h5-10H,3-4H2,1-2H3/t5-,6-,7-,8-,9+,10+,13-,14+,15+,16+/m1/s1. The van der Waals surface area contributed by atoms with Crippen LogP contribution in [0.25, 0.3) is 0 Å². The summed E-state index contributed by atoms with van der Waals surface area (Å²) in [6, 6.07) is 0. The summed E-state index contributed by atoms with van der Waals surface area (Å²) in [4.78, 5) is 25.7. The highest BCUT2D eigenvalue weighted by atomic mass is 16.6. The lowest BCUT2D eigenvalue weighted by Gasteiger charge is -2.60. The van der Waals surface area contributed by atoms with Gasteiger partial charge < -0.3 is 14.2 Å². The van der Waals surface area contributed by atoms with E-state index in [9.17, 15) is 9.59 Å². The molecular weight excluding hydrogens is 272 g/mol. The van der Waals surface area contributed by atoms with E-state index in [1.54, 1.807) is 0 Å². The molecule has 0 amide bonds. The molecular formula is C16H16O5. The van der Waals surface area contributed by atoms with E-state index in [1.807, 2.05) is 0 Å². The molecule has 0 aromatic heterocycles. The van der Waals surface area contributed by atoms with Gasteiger partial charge in [0.05, 0.1) is 25.0 Å². The smallest absolute Gasteiger partial charge is 0.313 e. The number of carbonyl (C=O) groups excluding carboxylic acids is 2. The summed E-state index contributed by atoms with van der Waals surface area (Å²) in [7, 11) is 2.91. The highest BCUT2D eigenvalue weighted by molar-refractivity contribution is 5.98. The first kappa shape index (κ1) is 10.6. The monoisotopic (exact) mass is 288 g/mol. The molecule has 0 N–H and O–H groups in total. The average Bonchev–Trinajstić information content (AvgIpc) is 2.69. The summed E-state index contributed by atoms with van der Waals surface area (Å²) in [5.41, 5.74) is -1.38. The Kier molecular flexibility index (Phi) is 1.13. The molecule has 0 aromatic carbocycles. The zero-order chi connectivity index (χ0) is 14.2. The minimum atomic E-state index is -0.625. The third-order valence-electron chi connectivity index (χ3n) is 9.16. The molecule has 0 unspecified atom stereocenters. The number of carbonyl (C=O) groups is 2. The molecule has 1 saturated heterocycles. The van der Waals surface area contributed by atoms with Gasteiger partial charge in [-0.2, -0.15) is 0 Å². The van der Waals surface area contributed by atoms with Gasteiger partial charge in [0.25, 0.3) is 0 Å². The van der Waals surface area contributed by atoms with Gasteiger partial charge in [-0.25, -0.2) is 0 Å². The Morgan fingerprint density at radius 2 is 1.38 bits per heavy atom. The van der Waals surface area contributed by atoms with Crippen LogP contribution < -0.4 is 0 Å². The fourth-order valence-electron chi connectivity index (χ4n) is 9.70. The SMILES string of the molecule is COC(=O)[C@]12[C@@H]3[C@@H]4[C@H]5C[C@H]3[C@@]36O[C@]53[C@H](C[C@@H]61)[C@@]42C(=O)OC. The quantitative estimate of drug-likeness (QED) is 0.542. The first-order valence-electron chi connectivity index (χ1n) is 7.98. The van der Waals surface area contributed by atoms with Gasteiger partial charge in [0.2, 0.25) is 0 Å². The van der Waals surface area contributed by atoms with Gasteiger partial charge in [-0.05, 0) is 36.5 Å². The topological polar surface area (TPSA) is 65.1 Å². The van der Waals surface area contributed by atoms with Crippen LogP contribution in [0, 0.1) is 46.3 Å². The Hall–Kier alpha value is -1.10. The van der Waals surface area contributed by atoms with Crippen molar-refractivity contribution in [2.24, 2.45) is 46.3 Å². The van der Waals surface area contributed by atoms with Crippen LogP contribution in [-0.2, 0) is 23.8 Å². The minimum Gasteiger partial charge on any atom is -0.469 e. The summed E-state index contributed by atoms with van der Waals surface area (Å²) in [5, 5.41) is 0. The first-order chi connectivity index (χ1) is 10.1. The maximum Gasteiger partial charge on any atom is 0.313 e. The Morgan fingerprint density at radius 3 is 1.81 bits per heavy atom. The Labute approximate surface area is 121 Å². The fourth-order valence-corrected chi connectivity index (χ4v) is 9.70. The third-order valence-corrected chi connectivity index (χ3v) is 9.16. The summed E-state index contributed by atoms with van der Waals surface area (Å²) >= 11 is 0. The molecule has 0 aromatic rings. The van der Waals surface area contributed by atoms with Crippen LogP contribution in [0.1, 0.15) is 12.8 Å². The van der Waals surface area contributed by atoms with Crippen LogP contribution >= 0.6 is 0 Å². The van der Waals surface area contributed by atoms with Crippen molar-refractivity contribution >= 4 is 11.9 Å². The van der Waals surface area contributed by atoms with Gasteiger partial charge in [-0.15, -0.1) is 0 Å². The van der Waals surface area contributed by atoms with Crippen molar-refractivity contribution in [1.82, 2.24) is 0 Å². The van der Waals surface area contributed by atoms with E-state index in [-0.39, 0.29) is 35.0 Å². The molecule has 5 heteroatoms. The van der Waals surface area contributed by atoms with Gasteiger partial charge in [0.1, 0.15) is 11.2 Å². The number of esters is 2. The molecule has 0 radical (unpaired) electrons. The number of methoxy groups -OCH3 is 2. The summed E-state index contributed by atoms with van der Waals surface area (Å²) in [5.74, 6) is 1.64. The Balaban J connectivity index is 1.62. The van der Waals surface area contributed by atoms with E-state index in [1.165, 1.54) is 14.2 Å². The third kappa shape index (κ3) is 0.491. The molecule has 8 rings (SSSR count). The zero-order valence-corrected chi connectivity index (χ0v) is 11.9. The second-order valence-corrected chi connectivity index (χ2v) is 8.25. The average molecular weight is 288 g/mol. The van der Waals surface area contributed by atoms with Crippen molar-refractivity contribution in [3.05, 3.63) is 0 Å². The highest BCUT2D eigenvalue weighted by Crippen LogP contribution is 3.07. The van der Waals surface area contributed by atoms with Crippen LogP contribution in [0.2, 0.25) is 0 Å². The van der Waals surface area contributed by atoms with E-state index < -0.39 is 10.8 Å². The fraction of sp³-hybridized carbons (Fsp3) is 0.875. The highest BCUT2D eigenvalue weighted by Gasteiger charge is 3.16. The number of hydrogen-bond acceptors (Lipinski definition) is 5. The summed E-state index contributed by atoms with van der Waals surface area (Å²) in [6.07, 6.45) is 2.12. The van der Waals surface area contributed by atoms with Crippen molar-refractivity contribution < 1.29 is 23.8 Å². The molecule has 1 heterocycles. The van der Waals surface area contributed by atoms with E-state index in [0.29, 0.717) is 23.7 Å². The minimum absolute atomic E-state index is 0.0638. The molecule has 7 aliphatic carbocycles. The Bertz CT molecular complexity index is 647. The Morgan fingerprint density at radius 1 is 0.905 bits per heavy atom. The van der Waals surface area contributed by atoms with Crippen LogP contribution in [0.15, 0.2) is 0 Å². The normalized spacial score (nSPS) is 73.8. The number of ether oxygens (including phenoxy) is 3. The lowest BCUT2D eigenvalue weighted by atomic mass is 9.39. The van der Waals surface area contributed by atoms with E-state index in [4.69, 9.17) is 14.2 Å². The molecule has 1 aliphatic heterocycles. The number of epoxide rings is 1. The molecule has 21 heavy (non-hydrogen) atoms. The molecule has 4 bridgehead atoms. The molecule has 2 spiro atoms. The van der Waals surface area contributed by atoms with Crippen molar-refractivity contribution in [2.45, 2.75) is 24.0 Å². The van der Waals surface area contributed by atoms with Crippen LogP contribution in [0.5, 0.6) is 0 Å². The molecule has 5 nitrogen and oxygen atoms in total. The largest absolute Gasteiger partial charge is 0.469 e. The van der Waals surface area contributed by atoms with Crippen LogP contribution in [0.4, 0.5) is 0 Å². The van der Waals surface area contributed by atoms with Crippen molar-refractivity contribution in [2.75, 3.05) is 14.2 Å². The molecule has 8 aliphatic rings. The van der Waals surface area contributed by atoms with Gasteiger partial charge >= 0.3 is 11.9 Å². The molecule has 110 valence electrons. The number of hydrogen-bond donors (Lipinski definition) is 0. The lowest BCUT2D eigenvalue weighted by Crippen LogP contribution is -2.70. The van der Waals surface area contributed by atoms with Crippen molar-refractivity contribution in [3.8, 4) is 0 Å². The number of rotatable bonds is 2. The zero-order valence-electron chi connectivity index (χ0n) is 11.9. The van der Waals surface area contributed by atoms with Gasteiger partial charge in [-0.1, -0.05) is 0 Å². The lowest BCUT2D eigenvalue weighted by molar-refractivity contribution is -0.226.